The molecular formula is C9H13ClN2O3S2. The van der Waals surface area contributed by atoms with Crippen LogP contribution in [-0.4, -0.2) is 44.0 Å². The number of nitrogens with zero attached hydrogens (tertiary/aromatic N) is 2. The molecule has 0 radical (unpaired) electrons. The normalized spacial score (nSPS) is 18.8. The van der Waals surface area contributed by atoms with E-state index in [4.69, 9.17) is 16.3 Å². The fourth-order valence-corrected chi connectivity index (χ4v) is 4.64. The molecule has 0 amide bonds. The Bertz CT molecular complexity index is 482. The highest BCUT2D eigenvalue weighted by molar-refractivity contribution is 7.91. The molecule has 1 aliphatic heterocycles. The van der Waals surface area contributed by atoms with Gasteiger partial charge in [0.2, 0.25) is 0 Å². The van der Waals surface area contributed by atoms with Crippen molar-refractivity contribution in [1.82, 2.24) is 9.29 Å². The summed E-state index contributed by atoms with van der Waals surface area (Å²) in [7, 11) is -1.87. The maximum absolute atomic E-state index is 12.2. The molecule has 0 unspecified atom stereocenters. The molecule has 96 valence electrons. The monoisotopic (exact) mass is 296 g/mol. The number of ether oxygens (including phenoxy) is 1. The van der Waals surface area contributed by atoms with Crippen molar-refractivity contribution in [2.24, 2.45) is 0 Å². The number of sulfonamides is 1. The Balaban J connectivity index is 2.20. The van der Waals surface area contributed by atoms with Crippen LogP contribution >= 0.6 is 22.9 Å². The van der Waals surface area contributed by atoms with Gasteiger partial charge in [0.05, 0.1) is 6.20 Å². The van der Waals surface area contributed by atoms with Crippen molar-refractivity contribution in [3.63, 3.8) is 0 Å². The van der Waals surface area contributed by atoms with Gasteiger partial charge in [0.15, 0.2) is 8.68 Å². The van der Waals surface area contributed by atoms with Gasteiger partial charge in [-0.3, -0.25) is 0 Å². The van der Waals surface area contributed by atoms with Gasteiger partial charge in [-0.1, -0.05) is 22.9 Å². The molecule has 2 rings (SSSR count). The third-order valence-corrected chi connectivity index (χ3v) is 6.26. The van der Waals surface area contributed by atoms with Crippen molar-refractivity contribution in [3.05, 3.63) is 10.7 Å². The number of aromatic nitrogens is 1. The number of thiazole rings is 1. The first-order valence-corrected chi connectivity index (χ1v) is 7.82. The second-order valence-corrected chi connectivity index (χ2v) is 7.63. The Labute approximate surface area is 109 Å². The number of halogens is 1. The largest absolute Gasteiger partial charge is 0.381 e. The lowest BCUT2D eigenvalue weighted by molar-refractivity contribution is 0.0632. The molecule has 1 aromatic rings. The van der Waals surface area contributed by atoms with Gasteiger partial charge in [0, 0.05) is 26.3 Å². The Kier molecular flexibility index (Phi) is 4.04. The van der Waals surface area contributed by atoms with Gasteiger partial charge in [0.1, 0.15) is 0 Å². The van der Waals surface area contributed by atoms with Gasteiger partial charge < -0.3 is 4.74 Å². The van der Waals surface area contributed by atoms with E-state index in [2.05, 4.69) is 4.98 Å². The van der Waals surface area contributed by atoms with Crippen LogP contribution in [0.2, 0.25) is 4.47 Å². The minimum atomic E-state index is -3.47. The van der Waals surface area contributed by atoms with Crippen molar-refractivity contribution in [1.29, 1.82) is 0 Å². The van der Waals surface area contributed by atoms with Crippen LogP contribution in [0.15, 0.2) is 10.4 Å². The van der Waals surface area contributed by atoms with Crippen molar-refractivity contribution in [2.75, 3.05) is 20.3 Å². The molecule has 8 heteroatoms. The number of hydrogen-bond acceptors (Lipinski definition) is 5. The Hall–Kier alpha value is -0.210. The minimum Gasteiger partial charge on any atom is -0.381 e. The summed E-state index contributed by atoms with van der Waals surface area (Å²) in [5.41, 5.74) is 0. The zero-order valence-corrected chi connectivity index (χ0v) is 11.7. The molecule has 0 atom stereocenters. The summed E-state index contributed by atoms with van der Waals surface area (Å²) in [5, 5.41) is 0. The first-order chi connectivity index (χ1) is 8.01. The first kappa shape index (κ1) is 13.2. The molecule has 1 aromatic heterocycles. The van der Waals surface area contributed by atoms with Gasteiger partial charge in [-0.2, -0.15) is 4.31 Å². The molecule has 2 heterocycles. The molecule has 0 aromatic carbocycles. The average molecular weight is 297 g/mol. The highest BCUT2D eigenvalue weighted by atomic mass is 35.5. The highest BCUT2D eigenvalue weighted by Gasteiger charge is 2.30. The molecule has 17 heavy (non-hydrogen) atoms. The van der Waals surface area contributed by atoms with Gasteiger partial charge in [-0.25, -0.2) is 13.4 Å². The third kappa shape index (κ3) is 2.79. The third-order valence-electron chi connectivity index (χ3n) is 2.79. The van der Waals surface area contributed by atoms with Crippen LogP contribution < -0.4 is 0 Å². The lowest BCUT2D eigenvalue weighted by atomic mass is 10.1. The van der Waals surface area contributed by atoms with E-state index in [1.807, 2.05) is 0 Å². The van der Waals surface area contributed by atoms with Crippen LogP contribution in [0, 0.1) is 0 Å². The molecule has 0 spiro atoms. The van der Waals surface area contributed by atoms with Gasteiger partial charge >= 0.3 is 0 Å². The van der Waals surface area contributed by atoms with Crippen molar-refractivity contribution < 1.29 is 13.2 Å². The van der Waals surface area contributed by atoms with E-state index in [0.717, 1.165) is 24.2 Å². The minimum absolute atomic E-state index is 0.00498. The zero-order valence-electron chi connectivity index (χ0n) is 9.30. The van der Waals surface area contributed by atoms with Gasteiger partial charge in [-0.15, -0.1) is 0 Å². The maximum atomic E-state index is 12.2. The highest BCUT2D eigenvalue weighted by Crippen LogP contribution is 2.27. The topological polar surface area (TPSA) is 59.5 Å². The first-order valence-electron chi connectivity index (χ1n) is 5.19. The van der Waals surface area contributed by atoms with E-state index < -0.39 is 10.0 Å². The Morgan fingerprint density at radius 1 is 1.53 bits per heavy atom. The molecule has 1 saturated heterocycles. The van der Waals surface area contributed by atoms with Crippen LogP contribution in [-0.2, 0) is 14.8 Å². The molecule has 0 saturated carbocycles. The average Bonchev–Trinajstić information content (AvgIpc) is 2.77. The second kappa shape index (κ2) is 5.19. The smallest absolute Gasteiger partial charge is 0.254 e. The van der Waals surface area contributed by atoms with Crippen LogP contribution in [0.3, 0.4) is 0 Å². The molecule has 5 nitrogen and oxygen atoms in total. The lowest BCUT2D eigenvalue weighted by Gasteiger charge is -2.29. The number of rotatable bonds is 3. The zero-order chi connectivity index (χ0) is 12.5. The maximum Gasteiger partial charge on any atom is 0.254 e. The fraction of sp³-hybridized carbons (Fsp3) is 0.667. The van der Waals surface area contributed by atoms with E-state index in [9.17, 15) is 8.42 Å². The van der Waals surface area contributed by atoms with E-state index in [1.54, 1.807) is 7.05 Å². The molecule has 1 fully saturated rings. The quantitative estimate of drug-likeness (QED) is 0.850. The van der Waals surface area contributed by atoms with Crippen LogP contribution in [0.4, 0.5) is 0 Å². The molecular weight excluding hydrogens is 284 g/mol. The van der Waals surface area contributed by atoms with Crippen molar-refractivity contribution >= 4 is 33.0 Å². The van der Waals surface area contributed by atoms with Crippen LogP contribution in [0.5, 0.6) is 0 Å². The van der Waals surface area contributed by atoms with E-state index in [1.165, 1.54) is 10.5 Å². The Morgan fingerprint density at radius 2 is 2.18 bits per heavy atom. The molecule has 0 aliphatic carbocycles. The summed E-state index contributed by atoms with van der Waals surface area (Å²) in [6.07, 6.45) is 2.75. The summed E-state index contributed by atoms with van der Waals surface area (Å²) in [6.45, 7) is 1.21. The Morgan fingerprint density at radius 3 is 2.71 bits per heavy atom. The van der Waals surface area contributed by atoms with Gasteiger partial charge in [0.25, 0.3) is 10.0 Å². The predicted octanol–water partition coefficient (Wildman–Crippen LogP) is 1.60. The molecule has 0 N–H and O–H groups in total. The summed E-state index contributed by atoms with van der Waals surface area (Å²) in [6, 6.07) is -0.00498. The van der Waals surface area contributed by atoms with E-state index in [-0.39, 0.29) is 14.7 Å². The molecule has 0 bridgehead atoms. The van der Waals surface area contributed by atoms with E-state index in [0.29, 0.717) is 13.2 Å². The summed E-state index contributed by atoms with van der Waals surface area (Å²) < 4.78 is 31.5. The van der Waals surface area contributed by atoms with E-state index >= 15 is 0 Å². The van der Waals surface area contributed by atoms with Crippen LogP contribution in [0.1, 0.15) is 12.8 Å². The molecule has 1 aliphatic rings. The summed E-state index contributed by atoms with van der Waals surface area (Å²) in [5.74, 6) is 0. The lowest BCUT2D eigenvalue weighted by Crippen LogP contribution is -2.40. The van der Waals surface area contributed by atoms with Crippen LogP contribution in [0.25, 0.3) is 0 Å². The predicted molar refractivity (Wildman–Crippen MR) is 65.9 cm³/mol. The van der Waals surface area contributed by atoms with Crippen molar-refractivity contribution in [2.45, 2.75) is 23.1 Å². The standard InChI is InChI=1S/C9H13ClN2O3S2/c1-12(7-2-4-15-5-3-7)17(13,14)8-6-11-9(10)16-8/h6-7H,2-5H2,1H3. The number of hydrogen-bond donors (Lipinski definition) is 0. The summed E-state index contributed by atoms with van der Waals surface area (Å²) >= 11 is 6.64. The summed E-state index contributed by atoms with van der Waals surface area (Å²) in [4.78, 5) is 3.76. The SMILES string of the molecule is CN(C1CCOCC1)S(=O)(=O)c1cnc(Cl)s1. The van der Waals surface area contributed by atoms with Crippen molar-refractivity contribution in [3.8, 4) is 0 Å². The van der Waals surface area contributed by atoms with Gasteiger partial charge in [-0.05, 0) is 12.8 Å². The second-order valence-electron chi connectivity index (χ2n) is 3.80. The fourth-order valence-electron chi connectivity index (χ4n) is 1.75.